The minimum atomic E-state index is 0.455. The van der Waals surface area contributed by atoms with Crippen LogP contribution in [0.15, 0.2) is 42.7 Å². The van der Waals surface area contributed by atoms with E-state index < -0.39 is 0 Å². The Morgan fingerprint density at radius 3 is 2.75 bits per heavy atom. The van der Waals surface area contributed by atoms with E-state index in [1.807, 2.05) is 30.3 Å². The normalized spacial score (nSPS) is 10.1. The van der Waals surface area contributed by atoms with Gasteiger partial charge < -0.3 is 9.94 Å². The zero-order valence-electron chi connectivity index (χ0n) is 8.96. The van der Waals surface area contributed by atoms with Crippen molar-refractivity contribution in [3.8, 4) is 5.88 Å². The van der Waals surface area contributed by atoms with Crippen molar-refractivity contribution in [3.63, 3.8) is 0 Å². The number of ether oxygens (including phenoxy) is 1. The molecule has 2 aromatic rings. The largest absolute Gasteiger partial charge is 0.711 e. The molecule has 0 aliphatic rings. The van der Waals surface area contributed by atoms with Crippen LogP contribution in [0.2, 0.25) is 0 Å². The summed E-state index contributed by atoms with van der Waals surface area (Å²) in [6.07, 6.45) is 1.20. The van der Waals surface area contributed by atoms with Crippen LogP contribution in [0, 0.1) is 12.1 Å². The van der Waals surface area contributed by atoms with Crippen molar-refractivity contribution in [2.24, 2.45) is 0 Å². The minimum absolute atomic E-state index is 0.455. The van der Waals surface area contributed by atoms with E-state index in [9.17, 15) is 5.21 Å². The van der Waals surface area contributed by atoms with E-state index in [0.29, 0.717) is 22.9 Å². The second-order valence-electron chi connectivity index (χ2n) is 3.47. The van der Waals surface area contributed by atoms with Gasteiger partial charge in [-0.3, -0.25) is 0 Å². The molecule has 0 aliphatic carbocycles. The van der Waals surface area contributed by atoms with Gasteiger partial charge in [0.2, 0.25) is 0 Å². The van der Waals surface area contributed by atoms with E-state index in [0.717, 1.165) is 5.56 Å². The first kappa shape index (κ1) is 10.4. The fourth-order valence-corrected chi connectivity index (χ4v) is 1.29. The predicted molar refractivity (Wildman–Crippen MR) is 58.7 cm³/mol. The van der Waals surface area contributed by atoms with Crippen molar-refractivity contribution in [1.29, 1.82) is 0 Å². The number of aryl methyl sites for hydroxylation is 1. The first-order valence-corrected chi connectivity index (χ1v) is 4.98. The summed E-state index contributed by atoms with van der Waals surface area (Å²) in [6.45, 7) is 2.17. The maximum atomic E-state index is 11.0. The molecule has 0 radical (unpaired) electrons. The number of nitrogens with zero attached hydrogens (tertiary/aromatic N) is 2. The molecule has 16 heavy (non-hydrogen) atoms. The first-order chi connectivity index (χ1) is 7.75. The SMILES string of the molecule is Cc1cc(OCc2ccccc2)nc[n+]1[O-]. The zero-order valence-corrected chi connectivity index (χ0v) is 8.96. The molecule has 1 heterocycles. The fraction of sp³-hybridized carbons (Fsp3) is 0.167. The van der Waals surface area contributed by atoms with Crippen molar-refractivity contribution >= 4 is 0 Å². The molecule has 0 fully saturated rings. The zero-order chi connectivity index (χ0) is 11.4. The van der Waals surface area contributed by atoms with Crippen LogP contribution in [0.5, 0.6) is 5.88 Å². The third-order valence-electron chi connectivity index (χ3n) is 2.20. The van der Waals surface area contributed by atoms with Crippen LogP contribution in [0.1, 0.15) is 11.3 Å². The molecule has 0 aliphatic heterocycles. The van der Waals surface area contributed by atoms with Gasteiger partial charge in [0, 0.05) is 0 Å². The Bertz CT molecular complexity index is 472. The summed E-state index contributed by atoms with van der Waals surface area (Å²) in [5, 5.41) is 11.0. The lowest BCUT2D eigenvalue weighted by Crippen LogP contribution is -2.29. The Hall–Kier alpha value is -2.10. The number of hydrogen-bond donors (Lipinski definition) is 0. The summed E-state index contributed by atoms with van der Waals surface area (Å²) in [4.78, 5) is 3.88. The Balaban J connectivity index is 2.03. The maximum Gasteiger partial charge on any atom is 0.332 e. The Morgan fingerprint density at radius 1 is 1.31 bits per heavy atom. The molecule has 0 N–H and O–H groups in total. The molecule has 4 nitrogen and oxygen atoms in total. The van der Waals surface area contributed by atoms with Gasteiger partial charge in [0.1, 0.15) is 12.3 Å². The molecule has 0 saturated heterocycles. The molecule has 82 valence electrons. The summed E-state index contributed by atoms with van der Waals surface area (Å²) >= 11 is 0. The molecule has 1 aromatic carbocycles. The third-order valence-corrected chi connectivity index (χ3v) is 2.20. The van der Waals surface area contributed by atoms with Gasteiger partial charge in [-0.1, -0.05) is 30.3 Å². The molecule has 4 heteroatoms. The van der Waals surface area contributed by atoms with Crippen molar-refractivity contribution in [3.05, 3.63) is 59.2 Å². The molecule has 0 atom stereocenters. The van der Waals surface area contributed by atoms with E-state index in [4.69, 9.17) is 4.74 Å². The monoisotopic (exact) mass is 216 g/mol. The first-order valence-electron chi connectivity index (χ1n) is 4.98. The van der Waals surface area contributed by atoms with Gasteiger partial charge in [-0.15, -0.1) is 0 Å². The van der Waals surface area contributed by atoms with Crippen LogP contribution < -0.4 is 9.47 Å². The van der Waals surface area contributed by atoms with Gasteiger partial charge in [-0.2, -0.15) is 0 Å². The highest BCUT2D eigenvalue weighted by molar-refractivity contribution is 5.15. The summed E-state index contributed by atoms with van der Waals surface area (Å²) < 4.78 is 6.17. The molecule has 0 spiro atoms. The Labute approximate surface area is 93.7 Å². The summed E-state index contributed by atoms with van der Waals surface area (Å²) in [5.74, 6) is 0.466. The lowest BCUT2D eigenvalue weighted by molar-refractivity contribution is -0.615. The van der Waals surface area contributed by atoms with Gasteiger partial charge in [0.05, 0.1) is 6.07 Å². The third kappa shape index (κ3) is 2.48. The van der Waals surface area contributed by atoms with E-state index >= 15 is 0 Å². The van der Waals surface area contributed by atoms with Crippen molar-refractivity contribution in [1.82, 2.24) is 4.98 Å². The molecule has 1 aromatic heterocycles. The minimum Gasteiger partial charge on any atom is -0.711 e. The van der Waals surface area contributed by atoms with Gasteiger partial charge >= 0.3 is 5.88 Å². The predicted octanol–water partition coefficient (Wildman–Crippen LogP) is 1.60. The number of rotatable bonds is 3. The summed E-state index contributed by atoms with van der Waals surface area (Å²) in [6, 6.07) is 11.4. The smallest absolute Gasteiger partial charge is 0.332 e. The fourth-order valence-electron chi connectivity index (χ4n) is 1.29. The molecular weight excluding hydrogens is 204 g/mol. The van der Waals surface area contributed by atoms with Crippen molar-refractivity contribution < 1.29 is 9.47 Å². The van der Waals surface area contributed by atoms with Crippen LogP contribution in [0.4, 0.5) is 0 Å². The molecule has 2 rings (SSSR count). The van der Waals surface area contributed by atoms with E-state index in [1.165, 1.54) is 6.33 Å². The van der Waals surface area contributed by atoms with Gasteiger partial charge in [0.15, 0.2) is 0 Å². The standard InChI is InChI=1S/C12H12N2O2/c1-10-7-12(13-9-14(10)15)16-8-11-5-3-2-4-6-11/h2-7,9H,8H2,1H3. The second kappa shape index (κ2) is 4.61. The quantitative estimate of drug-likeness (QED) is 0.578. The molecular formula is C12H12N2O2. The number of aromatic nitrogens is 2. The summed E-state index contributed by atoms with van der Waals surface area (Å²) in [7, 11) is 0. The highest BCUT2D eigenvalue weighted by Gasteiger charge is 2.05. The topological polar surface area (TPSA) is 49.1 Å². The Morgan fingerprint density at radius 2 is 2.06 bits per heavy atom. The van der Waals surface area contributed by atoms with Crippen LogP contribution in [0.25, 0.3) is 0 Å². The van der Waals surface area contributed by atoms with E-state index in [1.54, 1.807) is 13.0 Å². The van der Waals surface area contributed by atoms with Crippen LogP contribution in [-0.4, -0.2) is 4.98 Å². The molecule has 0 amide bonds. The molecule has 0 unspecified atom stereocenters. The van der Waals surface area contributed by atoms with Gasteiger partial charge in [-0.25, -0.2) is 4.73 Å². The molecule has 0 saturated carbocycles. The maximum absolute atomic E-state index is 11.0. The van der Waals surface area contributed by atoms with Crippen LogP contribution in [0.3, 0.4) is 0 Å². The average Bonchev–Trinajstić information content (AvgIpc) is 2.32. The van der Waals surface area contributed by atoms with E-state index in [2.05, 4.69) is 4.98 Å². The van der Waals surface area contributed by atoms with Crippen LogP contribution in [-0.2, 0) is 6.61 Å². The summed E-state index contributed by atoms with van der Waals surface area (Å²) in [5.41, 5.74) is 1.64. The lowest BCUT2D eigenvalue weighted by Gasteiger charge is -2.05. The molecule has 0 bridgehead atoms. The number of benzene rings is 1. The lowest BCUT2D eigenvalue weighted by atomic mass is 10.2. The highest BCUT2D eigenvalue weighted by atomic mass is 16.5. The second-order valence-corrected chi connectivity index (χ2v) is 3.47. The Kier molecular flexibility index (Phi) is 3.00. The average molecular weight is 216 g/mol. The van der Waals surface area contributed by atoms with Crippen molar-refractivity contribution in [2.75, 3.05) is 0 Å². The van der Waals surface area contributed by atoms with E-state index in [-0.39, 0.29) is 0 Å². The van der Waals surface area contributed by atoms with Crippen LogP contribution >= 0.6 is 0 Å². The van der Waals surface area contributed by atoms with Gasteiger partial charge in [-0.05, 0) is 17.5 Å². The van der Waals surface area contributed by atoms with Gasteiger partial charge in [0.25, 0.3) is 6.33 Å². The number of hydrogen-bond acceptors (Lipinski definition) is 3. The van der Waals surface area contributed by atoms with Crippen molar-refractivity contribution in [2.45, 2.75) is 13.5 Å². The highest BCUT2D eigenvalue weighted by Crippen LogP contribution is 2.08.